The average Bonchev–Trinajstić information content (AvgIpc) is 3.60. The Kier molecular flexibility index (Phi) is 5.80. The Balaban J connectivity index is 1.51. The van der Waals surface area contributed by atoms with Crippen LogP contribution in [-0.2, 0) is 4.79 Å². The summed E-state index contributed by atoms with van der Waals surface area (Å²) < 4.78 is 5.90. The summed E-state index contributed by atoms with van der Waals surface area (Å²) in [6.45, 7) is 8.85. The quantitative estimate of drug-likeness (QED) is 0.526. The first-order valence-corrected chi connectivity index (χ1v) is 10.9. The fraction of sp³-hybridized carbons (Fsp3) is 0.478. The van der Waals surface area contributed by atoms with Crippen molar-refractivity contribution in [3.05, 3.63) is 41.3 Å². The number of nitrogens with zero attached hydrogens (tertiary/aromatic N) is 4. The van der Waals surface area contributed by atoms with Gasteiger partial charge in [0, 0.05) is 43.9 Å². The van der Waals surface area contributed by atoms with Gasteiger partial charge in [-0.05, 0) is 51.3 Å². The van der Waals surface area contributed by atoms with Crippen LogP contribution in [0.2, 0.25) is 0 Å². The zero-order valence-corrected chi connectivity index (χ0v) is 18.5. The lowest BCUT2D eigenvalue weighted by Gasteiger charge is -2.35. The molecule has 31 heavy (non-hydrogen) atoms. The van der Waals surface area contributed by atoms with Crippen LogP contribution in [0.3, 0.4) is 0 Å². The molecule has 1 aliphatic heterocycles. The Bertz CT molecular complexity index is 994. The maximum atomic E-state index is 12.3. The third-order valence-corrected chi connectivity index (χ3v) is 5.77. The Labute approximate surface area is 182 Å². The molecular formula is C23H31N6O2+. The smallest absolute Gasteiger partial charge is 0.232 e. The molecule has 1 amide bonds. The maximum absolute atomic E-state index is 12.3. The molecule has 2 fully saturated rings. The lowest BCUT2D eigenvalue weighted by atomic mass is 10.0. The lowest BCUT2D eigenvalue weighted by Crippen LogP contribution is -2.49. The molecule has 1 aromatic heterocycles. The number of nitrogen functional groups attached to an aromatic ring is 1. The Morgan fingerprint density at radius 3 is 2.52 bits per heavy atom. The van der Waals surface area contributed by atoms with Gasteiger partial charge in [-0.15, -0.1) is 0 Å². The molecular weight excluding hydrogens is 392 g/mol. The molecule has 4 rings (SSSR count). The number of carbonyl (C=O) groups excluding carboxylic acids is 1. The number of hydrogen-bond donors (Lipinski definition) is 2. The van der Waals surface area contributed by atoms with Crippen molar-refractivity contribution in [2.75, 3.05) is 36.8 Å². The van der Waals surface area contributed by atoms with Crippen molar-refractivity contribution in [1.82, 2.24) is 14.9 Å². The van der Waals surface area contributed by atoms with Crippen molar-refractivity contribution in [2.24, 2.45) is 5.92 Å². The summed E-state index contributed by atoms with van der Waals surface area (Å²) in [5, 5.41) is 6.49. The first-order valence-electron chi connectivity index (χ1n) is 10.9. The van der Waals surface area contributed by atoms with Crippen molar-refractivity contribution in [3.63, 3.8) is 0 Å². The van der Waals surface area contributed by atoms with Gasteiger partial charge in [0.25, 0.3) is 0 Å². The first kappa shape index (κ1) is 21.1. The van der Waals surface area contributed by atoms with Gasteiger partial charge in [0.15, 0.2) is 0 Å². The number of carbonyl (C=O) groups is 1. The van der Waals surface area contributed by atoms with E-state index >= 15 is 0 Å². The molecule has 2 heterocycles. The molecule has 2 aliphatic rings. The number of benzene rings is 1. The average molecular weight is 424 g/mol. The second-order valence-corrected chi connectivity index (χ2v) is 8.63. The number of aromatic nitrogens is 2. The summed E-state index contributed by atoms with van der Waals surface area (Å²) in [5.41, 5.74) is 9.61. The van der Waals surface area contributed by atoms with Gasteiger partial charge in [-0.3, -0.25) is 10.2 Å². The Hall–Kier alpha value is -3.16. The van der Waals surface area contributed by atoms with Gasteiger partial charge in [0.2, 0.25) is 11.6 Å². The molecule has 164 valence electrons. The van der Waals surface area contributed by atoms with Crippen molar-refractivity contribution in [1.29, 1.82) is 0 Å². The van der Waals surface area contributed by atoms with E-state index in [4.69, 9.17) is 15.9 Å². The standard InChI is InChI=1S/C23H30N6O2/c1-14(2)31-20-11-17(18(24)10-15(20)3)22(25)19-12-21(27-13-26-19)28-6-8-29(9-7-28)23(30)16-4-5-16/h10-14,16,25H,4-9,24H2,1-3H3/p+1. The summed E-state index contributed by atoms with van der Waals surface area (Å²) in [5.74, 6) is 2.12. The molecule has 8 nitrogen and oxygen atoms in total. The molecule has 1 saturated heterocycles. The zero-order chi connectivity index (χ0) is 22.1. The van der Waals surface area contributed by atoms with Crippen molar-refractivity contribution in [2.45, 2.75) is 39.7 Å². The molecule has 2 aromatic rings. The number of aryl methyl sites for hydroxylation is 1. The molecule has 1 aliphatic carbocycles. The number of nitrogens with two attached hydrogens (primary N) is 2. The van der Waals surface area contributed by atoms with E-state index in [0.717, 1.165) is 43.1 Å². The second kappa shape index (κ2) is 8.53. The monoisotopic (exact) mass is 423 g/mol. The largest absolute Gasteiger partial charge is 0.491 e. The highest BCUT2D eigenvalue weighted by molar-refractivity contribution is 6.11. The second-order valence-electron chi connectivity index (χ2n) is 8.63. The van der Waals surface area contributed by atoms with Crippen LogP contribution in [0.15, 0.2) is 24.5 Å². The van der Waals surface area contributed by atoms with Gasteiger partial charge in [-0.25, -0.2) is 9.97 Å². The molecule has 4 N–H and O–H groups in total. The maximum Gasteiger partial charge on any atom is 0.232 e. The minimum absolute atomic E-state index is 0.0486. The SMILES string of the molecule is Cc1cc(N)c(C(=[NH2+])c2cc(N3CCN(C(=O)C4CC4)CC3)ncn2)cc1OC(C)C. The van der Waals surface area contributed by atoms with Crippen molar-refractivity contribution >= 4 is 23.1 Å². The molecule has 0 unspecified atom stereocenters. The number of anilines is 2. The minimum Gasteiger partial charge on any atom is -0.491 e. The summed E-state index contributed by atoms with van der Waals surface area (Å²) in [6.07, 6.45) is 3.65. The molecule has 0 atom stereocenters. The van der Waals surface area contributed by atoms with E-state index in [9.17, 15) is 4.79 Å². The fourth-order valence-electron chi connectivity index (χ4n) is 3.87. The normalized spacial score (nSPS) is 16.5. The fourth-order valence-corrected chi connectivity index (χ4v) is 3.87. The van der Waals surface area contributed by atoms with Gasteiger partial charge in [-0.1, -0.05) is 0 Å². The number of amides is 1. The van der Waals surface area contributed by atoms with E-state index in [0.29, 0.717) is 41.7 Å². The van der Waals surface area contributed by atoms with E-state index < -0.39 is 0 Å². The number of ether oxygens (including phenoxy) is 1. The lowest BCUT2D eigenvalue weighted by molar-refractivity contribution is -0.132. The topological polar surface area (TPSA) is 110 Å². The van der Waals surface area contributed by atoms with Crippen LogP contribution in [0.5, 0.6) is 5.75 Å². The summed E-state index contributed by atoms with van der Waals surface area (Å²) >= 11 is 0. The van der Waals surface area contributed by atoms with Crippen LogP contribution in [-0.4, -0.2) is 58.8 Å². The summed E-state index contributed by atoms with van der Waals surface area (Å²) in [4.78, 5) is 25.2. The highest BCUT2D eigenvalue weighted by Crippen LogP contribution is 2.31. The van der Waals surface area contributed by atoms with Crippen LogP contribution in [0.1, 0.15) is 43.5 Å². The third-order valence-electron chi connectivity index (χ3n) is 5.77. The zero-order valence-electron chi connectivity index (χ0n) is 18.5. The van der Waals surface area contributed by atoms with E-state index in [1.54, 1.807) is 0 Å². The van der Waals surface area contributed by atoms with E-state index in [2.05, 4.69) is 14.9 Å². The van der Waals surface area contributed by atoms with Crippen molar-refractivity contribution in [3.8, 4) is 5.75 Å². The first-order chi connectivity index (χ1) is 14.8. The summed E-state index contributed by atoms with van der Waals surface area (Å²) in [7, 11) is 0. The van der Waals surface area contributed by atoms with Gasteiger partial charge in [0.05, 0.1) is 11.7 Å². The van der Waals surface area contributed by atoms with Crippen LogP contribution in [0.4, 0.5) is 11.5 Å². The van der Waals surface area contributed by atoms with Crippen molar-refractivity contribution < 1.29 is 14.9 Å². The van der Waals surface area contributed by atoms with Gasteiger partial charge in [-0.2, -0.15) is 0 Å². The van der Waals surface area contributed by atoms with Crippen LogP contribution in [0.25, 0.3) is 0 Å². The molecule has 1 aromatic carbocycles. The molecule has 8 heteroatoms. The van der Waals surface area contributed by atoms with Gasteiger partial charge in [0.1, 0.15) is 23.6 Å². The molecule has 0 bridgehead atoms. The highest BCUT2D eigenvalue weighted by Gasteiger charge is 2.34. The third kappa shape index (κ3) is 4.62. The van der Waals surface area contributed by atoms with Gasteiger partial charge < -0.3 is 20.3 Å². The minimum atomic E-state index is 0.0486. The number of hydrogen-bond acceptors (Lipinski definition) is 6. The Morgan fingerprint density at radius 2 is 1.87 bits per heavy atom. The number of piperazine rings is 1. The van der Waals surface area contributed by atoms with E-state index in [1.165, 1.54) is 6.33 Å². The number of rotatable bonds is 6. The predicted molar refractivity (Wildman–Crippen MR) is 120 cm³/mol. The van der Waals surface area contributed by atoms with Crippen LogP contribution < -0.4 is 20.8 Å². The molecule has 0 spiro atoms. The predicted octanol–water partition coefficient (Wildman–Crippen LogP) is 0.810. The summed E-state index contributed by atoms with van der Waals surface area (Å²) in [6, 6.07) is 5.64. The molecule has 0 radical (unpaired) electrons. The van der Waals surface area contributed by atoms with E-state index in [-0.39, 0.29) is 12.0 Å². The van der Waals surface area contributed by atoms with Gasteiger partial charge >= 0.3 is 0 Å². The Morgan fingerprint density at radius 1 is 1.16 bits per heavy atom. The van der Waals surface area contributed by atoms with Crippen LogP contribution >= 0.6 is 0 Å². The van der Waals surface area contributed by atoms with Crippen LogP contribution in [0, 0.1) is 12.8 Å². The van der Waals surface area contributed by atoms with E-state index in [1.807, 2.05) is 43.9 Å². The highest BCUT2D eigenvalue weighted by atomic mass is 16.5. The molecule has 1 saturated carbocycles.